The number of hydrogen-bond donors (Lipinski definition) is 0. The molecule has 1 aromatic heterocycles. The fraction of sp³-hybridized carbons (Fsp3) is 0.474. The van der Waals surface area contributed by atoms with Gasteiger partial charge < -0.3 is 9.47 Å². The van der Waals surface area contributed by atoms with E-state index in [-0.39, 0.29) is 0 Å². The van der Waals surface area contributed by atoms with Gasteiger partial charge >= 0.3 is 0 Å². The number of rotatable bonds is 6. The Kier molecular flexibility index (Phi) is 5.77. The van der Waals surface area contributed by atoms with Crippen LogP contribution in [0.2, 0.25) is 0 Å². The predicted molar refractivity (Wildman–Crippen MR) is 92.9 cm³/mol. The minimum absolute atomic E-state index is 0.309. The van der Waals surface area contributed by atoms with Gasteiger partial charge in [-0.15, -0.1) is 0 Å². The summed E-state index contributed by atoms with van der Waals surface area (Å²) in [6.07, 6.45) is 6.21. The highest BCUT2D eigenvalue weighted by atomic mass is 16.5. The lowest BCUT2D eigenvalue weighted by Crippen LogP contribution is -2.37. The van der Waals surface area contributed by atoms with Crippen molar-refractivity contribution in [2.24, 2.45) is 0 Å². The van der Waals surface area contributed by atoms with E-state index in [1.807, 2.05) is 24.5 Å². The van der Waals surface area contributed by atoms with Crippen molar-refractivity contribution in [3.63, 3.8) is 0 Å². The molecule has 3 rings (SSSR count). The van der Waals surface area contributed by atoms with Gasteiger partial charge in [0.15, 0.2) is 5.82 Å². The van der Waals surface area contributed by atoms with Crippen LogP contribution in [0.25, 0.3) is 0 Å². The lowest BCUT2D eigenvalue weighted by atomic mass is 10.1. The topological polar surface area (TPSA) is 47.5 Å². The molecule has 0 saturated carbocycles. The van der Waals surface area contributed by atoms with Crippen LogP contribution in [0.1, 0.15) is 29.8 Å². The van der Waals surface area contributed by atoms with Gasteiger partial charge in [0, 0.05) is 44.7 Å². The molecule has 1 saturated heterocycles. The Labute approximate surface area is 143 Å². The molecule has 0 bridgehead atoms. The van der Waals surface area contributed by atoms with Crippen LogP contribution in [0, 0.1) is 6.92 Å². The molecule has 2 heterocycles. The molecule has 2 aromatic rings. The second-order valence-corrected chi connectivity index (χ2v) is 6.35. The predicted octanol–water partition coefficient (Wildman–Crippen LogP) is 2.97. The summed E-state index contributed by atoms with van der Waals surface area (Å²) in [4.78, 5) is 11.1. The zero-order valence-corrected chi connectivity index (χ0v) is 14.4. The molecule has 1 aromatic carbocycles. The quantitative estimate of drug-likeness (QED) is 0.816. The molecule has 0 aliphatic carbocycles. The van der Waals surface area contributed by atoms with Crippen LogP contribution >= 0.6 is 0 Å². The zero-order valence-electron chi connectivity index (χ0n) is 14.4. The third-order valence-electron chi connectivity index (χ3n) is 4.27. The monoisotopic (exact) mass is 327 g/mol. The molecule has 0 amide bonds. The van der Waals surface area contributed by atoms with E-state index in [9.17, 15) is 0 Å². The van der Waals surface area contributed by atoms with Crippen LogP contribution in [-0.2, 0) is 17.9 Å². The van der Waals surface area contributed by atoms with E-state index >= 15 is 0 Å². The number of ether oxygens (including phenoxy) is 2. The highest BCUT2D eigenvalue weighted by molar-refractivity contribution is 5.27. The number of aromatic nitrogens is 2. The maximum absolute atomic E-state index is 6.11. The highest BCUT2D eigenvalue weighted by Gasteiger charge is 2.20. The third-order valence-corrected chi connectivity index (χ3v) is 4.27. The fourth-order valence-electron chi connectivity index (χ4n) is 2.99. The molecular formula is C19H25N3O2. The zero-order chi connectivity index (χ0) is 16.8. The molecule has 128 valence electrons. The summed E-state index contributed by atoms with van der Waals surface area (Å²) < 4.78 is 11.1. The first-order valence-electron chi connectivity index (χ1n) is 8.47. The van der Waals surface area contributed by atoms with E-state index in [1.54, 1.807) is 7.11 Å². The molecule has 0 unspecified atom stereocenters. The van der Waals surface area contributed by atoms with Crippen molar-refractivity contribution in [1.29, 1.82) is 0 Å². The molecule has 0 atom stereocenters. The van der Waals surface area contributed by atoms with Gasteiger partial charge in [-0.3, -0.25) is 4.90 Å². The van der Waals surface area contributed by atoms with Crippen LogP contribution in [0.3, 0.4) is 0 Å². The Morgan fingerprint density at radius 2 is 1.92 bits per heavy atom. The van der Waals surface area contributed by atoms with Crippen molar-refractivity contribution < 1.29 is 9.47 Å². The molecule has 24 heavy (non-hydrogen) atoms. The Morgan fingerprint density at radius 1 is 1.17 bits per heavy atom. The number of nitrogens with zero attached hydrogens (tertiary/aromatic N) is 3. The van der Waals surface area contributed by atoms with Gasteiger partial charge in [-0.25, -0.2) is 9.97 Å². The molecule has 1 aliphatic heterocycles. The Morgan fingerprint density at radius 3 is 2.58 bits per heavy atom. The SMILES string of the molecule is COCc1ncc(CN2CCC(Oc3cccc(C)c3)CC2)cn1. The average Bonchev–Trinajstić information content (AvgIpc) is 2.59. The molecule has 1 fully saturated rings. The fourth-order valence-corrected chi connectivity index (χ4v) is 2.99. The second-order valence-electron chi connectivity index (χ2n) is 6.35. The summed E-state index contributed by atoms with van der Waals surface area (Å²) >= 11 is 0. The smallest absolute Gasteiger partial charge is 0.153 e. The van der Waals surface area contributed by atoms with Crippen molar-refractivity contribution in [2.75, 3.05) is 20.2 Å². The molecule has 0 radical (unpaired) electrons. The van der Waals surface area contributed by atoms with Gasteiger partial charge in [0.1, 0.15) is 18.5 Å². The first-order chi connectivity index (χ1) is 11.7. The standard InChI is InChI=1S/C19H25N3O2/c1-15-4-3-5-18(10-15)24-17-6-8-22(9-7-17)13-16-11-20-19(14-23-2)21-12-16/h3-5,10-12,17H,6-9,13-14H2,1-2H3. The minimum atomic E-state index is 0.309. The maximum Gasteiger partial charge on any atom is 0.153 e. The van der Waals surface area contributed by atoms with Crippen molar-refractivity contribution >= 4 is 0 Å². The molecule has 5 heteroatoms. The van der Waals surface area contributed by atoms with Gasteiger partial charge in [-0.05, 0) is 37.5 Å². The summed E-state index contributed by atoms with van der Waals surface area (Å²) in [7, 11) is 1.65. The summed E-state index contributed by atoms with van der Waals surface area (Å²) in [6, 6.07) is 8.28. The minimum Gasteiger partial charge on any atom is -0.490 e. The van der Waals surface area contributed by atoms with Gasteiger partial charge in [-0.1, -0.05) is 12.1 Å². The van der Waals surface area contributed by atoms with E-state index in [4.69, 9.17) is 9.47 Å². The number of piperidine rings is 1. The van der Waals surface area contributed by atoms with Gasteiger partial charge in [0.05, 0.1) is 0 Å². The lowest BCUT2D eigenvalue weighted by molar-refractivity contribution is 0.0966. The van der Waals surface area contributed by atoms with Crippen LogP contribution in [-0.4, -0.2) is 41.2 Å². The van der Waals surface area contributed by atoms with Gasteiger partial charge in [0.2, 0.25) is 0 Å². The lowest BCUT2D eigenvalue weighted by Gasteiger charge is -2.32. The first-order valence-corrected chi connectivity index (χ1v) is 8.47. The van der Waals surface area contributed by atoms with Gasteiger partial charge in [-0.2, -0.15) is 0 Å². The molecule has 1 aliphatic rings. The summed E-state index contributed by atoms with van der Waals surface area (Å²) in [5.41, 5.74) is 2.38. The van der Waals surface area contributed by atoms with Crippen LogP contribution in [0.5, 0.6) is 5.75 Å². The Bertz CT molecular complexity index is 637. The van der Waals surface area contributed by atoms with Crippen molar-refractivity contribution in [2.45, 2.75) is 39.0 Å². The van der Waals surface area contributed by atoms with Crippen LogP contribution < -0.4 is 4.74 Å². The van der Waals surface area contributed by atoms with E-state index in [1.165, 1.54) is 5.56 Å². The van der Waals surface area contributed by atoms with E-state index in [0.29, 0.717) is 12.7 Å². The summed E-state index contributed by atoms with van der Waals surface area (Å²) in [5, 5.41) is 0. The van der Waals surface area contributed by atoms with Gasteiger partial charge in [0.25, 0.3) is 0 Å². The number of likely N-dealkylation sites (tertiary alicyclic amines) is 1. The summed E-state index contributed by atoms with van der Waals surface area (Å²) in [5.74, 6) is 1.71. The Balaban J connectivity index is 1.46. The number of aryl methyl sites for hydroxylation is 1. The second kappa shape index (κ2) is 8.22. The van der Waals surface area contributed by atoms with Crippen LogP contribution in [0.15, 0.2) is 36.7 Å². The summed E-state index contributed by atoms with van der Waals surface area (Å²) in [6.45, 7) is 5.52. The normalized spacial score (nSPS) is 16.2. The molecular weight excluding hydrogens is 302 g/mol. The van der Waals surface area contributed by atoms with Crippen molar-refractivity contribution in [1.82, 2.24) is 14.9 Å². The number of methoxy groups -OCH3 is 1. The van der Waals surface area contributed by atoms with E-state index in [0.717, 1.165) is 49.6 Å². The average molecular weight is 327 g/mol. The molecule has 0 spiro atoms. The Hall–Kier alpha value is -1.98. The number of benzene rings is 1. The number of hydrogen-bond acceptors (Lipinski definition) is 5. The van der Waals surface area contributed by atoms with Crippen LogP contribution in [0.4, 0.5) is 0 Å². The van der Waals surface area contributed by atoms with E-state index in [2.05, 4.69) is 33.9 Å². The highest BCUT2D eigenvalue weighted by Crippen LogP contribution is 2.20. The van der Waals surface area contributed by atoms with E-state index < -0.39 is 0 Å². The van der Waals surface area contributed by atoms with Crippen molar-refractivity contribution in [3.8, 4) is 5.75 Å². The molecule has 5 nitrogen and oxygen atoms in total. The maximum atomic E-state index is 6.11. The molecule has 0 N–H and O–H groups in total. The van der Waals surface area contributed by atoms with Crippen molar-refractivity contribution in [3.05, 3.63) is 53.6 Å². The largest absolute Gasteiger partial charge is 0.490 e. The first kappa shape index (κ1) is 16.9. The third kappa shape index (κ3) is 4.76.